The fourth-order valence-electron chi connectivity index (χ4n) is 1.32. The largest absolute Gasteiger partial charge is 0.384 e. The first-order valence-corrected chi connectivity index (χ1v) is 4.98. The van der Waals surface area contributed by atoms with Gasteiger partial charge in [0.05, 0.1) is 5.56 Å². The number of carbonyl (C=O) groups excluding carboxylic acids is 1. The van der Waals surface area contributed by atoms with Crippen molar-refractivity contribution >= 4 is 5.91 Å². The van der Waals surface area contributed by atoms with Gasteiger partial charge < -0.3 is 10.0 Å². The van der Waals surface area contributed by atoms with E-state index in [1.54, 1.807) is 20.2 Å². The molecule has 0 aliphatic carbocycles. The molecule has 0 aromatic heterocycles. The van der Waals surface area contributed by atoms with Gasteiger partial charge in [-0.1, -0.05) is 23.5 Å². The summed E-state index contributed by atoms with van der Waals surface area (Å²) in [5, 5.41) is 8.65. The Morgan fingerprint density at radius 1 is 1.44 bits per heavy atom. The molecule has 0 aliphatic heterocycles. The zero-order valence-corrected chi connectivity index (χ0v) is 9.74. The van der Waals surface area contributed by atoms with Crippen LogP contribution in [0.2, 0.25) is 0 Å². The van der Waals surface area contributed by atoms with Gasteiger partial charge in [0, 0.05) is 19.7 Å². The van der Waals surface area contributed by atoms with Crippen LogP contribution in [0, 0.1) is 18.8 Å². The first-order chi connectivity index (χ1) is 7.56. The van der Waals surface area contributed by atoms with E-state index < -0.39 is 0 Å². The predicted molar refractivity (Wildman–Crippen MR) is 63.2 cm³/mol. The van der Waals surface area contributed by atoms with Gasteiger partial charge in [0.2, 0.25) is 0 Å². The number of carbonyl (C=O) groups is 1. The maximum atomic E-state index is 11.9. The summed E-state index contributed by atoms with van der Waals surface area (Å²) >= 11 is 0. The highest BCUT2D eigenvalue weighted by Gasteiger charge is 2.12. The van der Waals surface area contributed by atoms with E-state index in [1.807, 2.05) is 19.1 Å². The second-order valence-corrected chi connectivity index (χ2v) is 3.71. The fourth-order valence-corrected chi connectivity index (χ4v) is 1.32. The number of hydrogen-bond donors (Lipinski definition) is 1. The molecule has 0 saturated heterocycles. The summed E-state index contributed by atoms with van der Waals surface area (Å²) < 4.78 is 0. The van der Waals surface area contributed by atoms with Crippen molar-refractivity contribution in [3.05, 3.63) is 34.9 Å². The zero-order valence-electron chi connectivity index (χ0n) is 9.74. The minimum Gasteiger partial charge on any atom is -0.384 e. The molecule has 0 spiro atoms. The summed E-state index contributed by atoms with van der Waals surface area (Å²) in [6, 6.07) is 5.51. The van der Waals surface area contributed by atoms with Crippen molar-refractivity contribution in [2.45, 2.75) is 6.92 Å². The first-order valence-electron chi connectivity index (χ1n) is 4.98. The maximum absolute atomic E-state index is 11.9. The molecule has 1 aromatic carbocycles. The van der Waals surface area contributed by atoms with Crippen LogP contribution in [0.1, 0.15) is 21.5 Å². The van der Waals surface area contributed by atoms with E-state index in [1.165, 1.54) is 4.90 Å². The molecule has 0 saturated carbocycles. The number of nitrogens with zero attached hydrogens (tertiary/aromatic N) is 1. The molecule has 16 heavy (non-hydrogen) atoms. The second-order valence-electron chi connectivity index (χ2n) is 3.71. The third kappa shape index (κ3) is 2.85. The third-order valence-electron chi connectivity index (χ3n) is 2.11. The standard InChI is InChI=1S/C13H15NO2/c1-10-6-7-11(5-4-8-15)12(9-10)13(16)14(2)3/h6-7,9,15H,8H2,1-3H3. The van der Waals surface area contributed by atoms with E-state index >= 15 is 0 Å². The third-order valence-corrected chi connectivity index (χ3v) is 2.11. The summed E-state index contributed by atoms with van der Waals surface area (Å²) in [4.78, 5) is 13.4. The molecule has 1 rings (SSSR count). The summed E-state index contributed by atoms with van der Waals surface area (Å²) in [6.07, 6.45) is 0. The molecule has 1 aromatic rings. The molecule has 1 N–H and O–H groups in total. The van der Waals surface area contributed by atoms with Crippen LogP contribution >= 0.6 is 0 Å². The van der Waals surface area contributed by atoms with Gasteiger partial charge in [0.25, 0.3) is 5.91 Å². The normalized spacial score (nSPS) is 9.25. The van der Waals surface area contributed by atoms with Crippen molar-refractivity contribution in [2.24, 2.45) is 0 Å². The van der Waals surface area contributed by atoms with Crippen LogP contribution in [0.3, 0.4) is 0 Å². The molecular formula is C13H15NO2. The van der Waals surface area contributed by atoms with Gasteiger partial charge in [-0.2, -0.15) is 0 Å². The minimum atomic E-state index is -0.205. The number of aryl methyl sites for hydroxylation is 1. The molecular weight excluding hydrogens is 202 g/mol. The van der Waals surface area contributed by atoms with Gasteiger partial charge in [0.1, 0.15) is 6.61 Å². The second kappa shape index (κ2) is 5.34. The molecule has 3 nitrogen and oxygen atoms in total. The summed E-state index contributed by atoms with van der Waals surface area (Å²) in [5.74, 6) is 5.25. The fraction of sp³-hybridized carbons (Fsp3) is 0.308. The van der Waals surface area contributed by atoms with Crippen molar-refractivity contribution in [2.75, 3.05) is 20.7 Å². The van der Waals surface area contributed by atoms with E-state index in [2.05, 4.69) is 11.8 Å². The Hall–Kier alpha value is -1.79. The number of hydrogen-bond acceptors (Lipinski definition) is 2. The number of benzene rings is 1. The monoisotopic (exact) mass is 217 g/mol. The number of aliphatic hydroxyl groups excluding tert-OH is 1. The highest BCUT2D eigenvalue weighted by Crippen LogP contribution is 2.12. The topological polar surface area (TPSA) is 40.5 Å². The van der Waals surface area contributed by atoms with Crippen LogP contribution in [-0.2, 0) is 0 Å². The summed E-state index contributed by atoms with van der Waals surface area (Å²) in [5.41, 5.74) is 2.24. The van der Waals surface area contributed by atoms with E-state index in [4.69, 9.17) is 5.11 Å². The van der Waals surface area contributed by atoms with E-state index in [0.717, 1.165) is 5.56 Å². The Bertz CT molecular complexity index is 453. The Balaban J connectivity index is 3.23. The van der Waals surface area contributed by atoms with Crippen molar-refractivity contribution in [3.63, 3.8) is 0 Å². The van der Waals surface area contributed by atoms with Crippen LogP contribution < -0.4 is 0 Å². The smallest absolute Gasteiger partial charge is 0.254 e. The lowest BCUT2D eigenvalue weighted by atomic mass is 10.0. The predicted octanol–water partition coefficient (Wildman–Crippen LogP) is 1.04. The lowest BCUT2D eigenvalue weighted by Crippen LogP contribution is -2.22. The average molecular weight is 217 g/mol. The Kier molecular flexibility index (Phi) is 4.10. The van der Waals surface area contributed by atoms with Crippen LogP contribution in [0.25, 0.3) is 0 Å². The lowest BCUT2D eigenvalue weighted by Gasteiger charge is -2.12. The van der Waals surface area contributed by atoms with Crippen LogP contribution in [0.4, 0.5) is 0 Å². The van der Waals surface area contributed by atoms with Crippen LogP contribution in [0.5, 0.6) is 0 Å². The van der Waals surface area contributed by atoms with Gasteiger partial charge in [0.15, 0.2) is 0 Å². The number of amides is 1. The van der Waals surface area contributed by atoms with Crippen LogP contribution in [-0.4, -0.2) is 36.6 Å². The maximum Gasteiger partial charge on any atom is 0.254 e. The zero-order chi connectivity index (χ0) is 12.1. The molecule has 0 unspecified atom stereocenters. The molecule has 1 amide bonds. The quantitative estimate of drug-likeness (QED) is 0.714. The molecule has 3 heteroatoms. The van der Waals surface area contributed by atoms with E-state index in [0.29, 0.717) is 11.1 Å². The molecule has 0 fully saturated rings. The van der Waals surface area contributed by atoms with Gasteiger partial charge in [-0.3, -0.25) is 4.79 Å². The number of aliphatic hydroxyl groups is 1. The summed E-state index contributed by atoms with van der Waals surface area (Å²) in [6.45, 7) is 1.72. The van der Waals surface area contributed by atoms with Crippen molar-refractivity contribution in [1.82, 2.24) is 4.90 Å². The van der Waals surface area contributed by atoms with Gasteiger partial charge >= 0.3 is 0 Å². The van der Waals surface area contributed by atoms with E-state index in [-0.39, 0.29) is 12.5 Å². The van der Waals surface area contributed by atoms with Gasteiger partial charge in [-0.05, 0) is 19.1 Å². The molecule has 0 heterocycles. The average Bonchev–Trinajstić information content (AvgIpc) is 2.26. The molecule has 0 atom stereocenters. The van der Waals surface area contributed by atoms with Gasteiger partial charge in [-0.25, -0.2) is 0 Å². The highest BCUT2D eigenvalue weighted by molar-refractivity contribution is 5.96. The Morgan fingerprint density at radius 3 is 2.69 bits per heavy atom. The van der Waals surface area contributed by atoms with Gasteiger partial charge in [-0.15, -0.1) is 0 Å². The molecule has 0 aliphatic rings. The minimum absolute atomic E-state index is 0.0778. The van der Waals surface area contributed by atoms with Crippen molar-refractivity contribution < 1.29 is 9.90 Å². The van der Waals surface area contributed by atoms with Crippen LogP contribution in [0.15, 0.2) is 18.2 Å². The van der Waals surface area contributed by atoms with Crippen molar-refractivity contribution in [3.8, 4) is 11.8 Å². The number of rotatable bonds is 1. The first kappa shape index (κ1) is 12.3. The molecule has 84 valence electrons. The SMILES string of the molecule is Cc1ccc(C#CCO)c(C(=O)N(C)C)c1. The Labute approximate surface area is 95.7 Å². The highest BCUT2D eigenvalue weighted by atomic mass is 16.2. The molecule has 0 bridgehead atoms. The van der Waals surface area contributed by atoms with E-state index in [9.17, 15) is 4.79 Å². The Morgan fingerprint density at radius 2 is 2.12 bits per heavy atom. The lowest BCUT2D eigenvalue weighted by molar-refractivity contribution is 0.0827. The summed E-state index contributed by atoms with van der Waals surface area (Å²) in [7, 11) is 3.40. The van der Waals surface area contributed by atoms with Crippen molar-refractivity contribution in [1.29, 1.82) is 0 Å². The molecule has 0 radical (unpaired) electrons.